The highest BCUT2D eigenvalue weighted by molar-refractivity contribution is 8.03. The standard InChI is InChI=1S/C22H22N2O3S2/c1-16(29(25,26)27)13-14-24-20-9-5-6-10-21(20)28-22(24)15-18-12-11-17-7-3-4-8-19(17)23(18)2/h3-12,15-16H,13-14H2,1-2H3. The van der Waals surface area contributed by atoms with Crippen molar-refractivity contribution in [1.82, 2.24) is 0 Å². The first-order valence-electron chi connectivity index (χ1n) is 9.43. The molecule has 2 heterocycles. The number of pyridine rings is 1. The first kappa shape index (κ1) is 19.9. The average molecular weight is 427 g/mol. The molecule has 1 aliphatic rings. The van der Waals surface area contributed by atoms with Crippen molar-refractivity contribution in [2.75, 3.05) is 11.4 Å². The van der Waals surface area contributed by atoms with Gasteiger partial charge in [-0.05, 0) is 37.6 Å². The van der Waals surface area contributed by atoms with E-state index in [0.717, 1.165) is 26.8 Å². The number of benzene rings is 2. The minimum atomic E-state index is -4.29. The second-order valence-electron chi connectivity index (χ2n) is 7.17. The largest absolute Gasteiger partial charge is 0.748 e. The summed E-state index contributed by atoms with van der Waals surface area (Å²) in [7, 11) is -2.25. The van der Waals surface area contributed by atoms with Crippen molar-refractivity contribution in [3.05, 3.63) is 71.4 Å². The van der Waals surface area contributed by atoms with Gasteiger partial charge in [-0.3, -0.25) is 0 Å². The number of nitrogens with zero attached hydrogens (tertiary/aromatic N) is 2. The molecule has 0 saturated carbocycles. The molecule has 5 nitrogen and oxygen atoms in total. The maximum atomic E-state index is 11.3. The van der Waals surface area contributed by atoms with Crippen molar-refractivity contribution >= 4 is 44.5 Å². The van der Waals surface area contributed by atoms with Gasteiger partial charge in [-0.2, -0.15) is 4.57 Å². The van der Waals surface area contributed by atoms with Gasteiger partial charge in [-0.1, -0.05) is 36.0 Å². The summed E-state index contributed by atoms with van der Waals surface area (Å²) < 4.78 is 36.1. The highest BCUT2D eigenvalue weighted by Gasteiger charge is 2.27. The van der Waals surface area contributed by atoms with Crippen LogP contribution in [0.15, 0.2) is 70.6 Å². The second-order valence-corrected chi connectivity index (χ2v) is 10.0. The van der Waals surface area contributed by atoms with Crippen molar-refractivity contribution < 1.29 is 17.5 Å². The first-order valence-corrected chi connectivity index (χ1v) is 11.7. The molecule has 1 aromatic heterocycles. The number of rotatable bonds is 5. The average Bonchev–Trinajstić information content (AvgIpc) is 3.05. The summed E-state index contributed by atoms with van der Waals surface area (Å²) in [4.78, 5) is 3.23. The molecule has 0 fully saturated rings. The highest BCUT2D eigenvalue weighted by Crippen LogP contribution is 2.46. The first-order chi connectivity index (χ1) is 13.8. The van der Waals surface area contributed by atoms with Gasteiger partial charge in [0, 0.05) is 40.3 Å². The summed E-state index contributed by atoms with van der Waals surface area (Å²) in [6.45, 7) is 1.94. The molecule has 4 rings (SSSR count). The number of hydrogen-bond donors (Lipinski definition) is 0. The quantitative estimate of drug-likeness (QED) is 0.457. The minimum Gasteiger partial charge on any atom is -0.748 e. The van der Waals surface area contributed by atoms with E-state index in [-0.39, 0.29) is 6.42 Å². The zero-order chi connectivity index (χ0) is 20.6. The number of anilines is 1. The number of aromatic nitrogens is 1. The Hall–Kier alpha value is -2.35. The van der Waals surface area contributed by atoms with Gasteiger partial charge in [-0.15, -0.1) is 0 Å². The lowest BCUT2D eigenvalue weighted by Gasteiger charge is -2.23. The summed E-state index contributed by atoms with van der Waals surface area (Å²) in [6, 6.07) is 20.5. The number of para-hydroxylation sites is 2. The van der Waals surface area contributed by atoms with Crippen LogP contribution in [0.5, 0.6) is 0 Å². The zero-order valence-electron chi connectivity index (χ0n) is 16.3. The summed E-state index contributed by atoms with van der Waals surface area (Å²) in [5.41, 5.74) is 3.23. The molecule has 0 bridgehead atoms. The molecule has 150 valence electrons. The fourth-order valence-corrected chi connectivity index (χ4v) is 5.01. The lowest BCUT2D eigenvalue weighted by Crippen LogP contribution is -2.33. The Kier molecular flexibility index (Phi) is 5.38. The Balaban J connectivity index is 1.71. The van der Waals surface area contributed by atoms with Crippen LogP contribution in [-0.2, 0) is 17.2 Å². The molecule has 0 radical (unpaired) electrons. The van der Waals surface area contributed by atoms with Crippen molar-refractivity contribution in [3.63, 3.8) is 0 Å². The van der Waals surface area contributed by atoms with Gasteiger partial charge < -0.3 is 9.45 Å². The van der Waals surface area contributed by atoms with Crippen molar-refractivity contribution in [1.29, 1.82) is 0 Å². The van der Waals surface area contributed by atoms with E-state index in [1.165, 1.54) is 12.3 Å². The Morgan fingerprint density at radius 1 is 1.10 bits per heavy atom. The molecule has 1 aliphatic heterocycles. The second kappa shape index (κ2) is 7.82. The Morgan fingerprint density at radius 2 is 1.83 bits per heavy atom. The highest BCUT2D eigenvalue weighted by atomic mass is 32.2. The molecule has 0 saturated heterocycles. The predicted molar refractivity (Wildman–Crippen MR) is 117 cm³/mol. The number of fused-ring (bicyclic) bond motifs is 2. The number of aryl methyl sites for hydroxylation is 1. The maximum Gasteiger partial charge on any atom is 0.212 e. The minimum absolute atomic E-state index is 0.280. The van der Waals surface area contributed by atoms with E-state index < -0.39 is 15.4 Å². The fraction of sp³-hybridized carbons (Fsp3) is 0.227. The van der Waals surface area contributed by atoms with Crippen molar-refractivity contribution in [2.45, 2.75) is 23.5 Å². The summed E-state index contributed by atoms with van der Waals surface area (Å²) >= 11 is 1.66. The van der Waals surface area contributed by atoms with Crippen molar-refractivity contribution in [3.8, 4) is 0 Å². The summed E-state index contributed by atoms with van der Waals surface area (Å²) in [6.07, 6.45) is 2.40. The molecular formula is C22H22N2O3S2. The van der Waals surface area contributed by atoms with Crippen molar-refractivity contribution in [2.24, 2.45) is 7.05 Å². The predicted octanol–water partition coefficient (Wildman–Crippen LogP) is 3.90. The van der Waals surface area contributed by atoms with Gasteiger partial charge in [0.05, 0.1) is 20.8 Å². The van der Waals surface area contributed by atoms with Crippen LogP contribution in [0.2, 0.25) is 0 Å². The zero-order valence-corrected chi connectivity index (χ0v) is 17.9. The monoisotopic (exact) mass is 426 g/mol. The van der Waals surface area contributed by atoms with E-state index in [1.807, 2.05) is 37.4 Å². The smallest absolute Gasteiger partial charge is 0.212 e. The molecule has 1 unspecified atom stereocenters. The Labute approximate surface area is 175 Å². The molecular weight excluding hydrogens is 404 g/mol. The van der Waals surface area contributed by atoms with Crippen LogP contribution in [0, 0.1) is 0 Å². The molecule has 3 aromatic rings. The van der Waals surface area contributed by atoms with Gasteiger partial charge in [0.15, 0.2) is 0 Å². The third-order valence-electron chi connectivity index (χ3n) is 5.28. The van der Waals surface area contributed by atoms with E-state index in [9.17, 15) is 13.0 Å². The lowest BCUT2D eigenvalue weighted by molar-refractivity contribution is -0.646. The Morgan fingerprint density at radius 3 is 2.62 bits per heavy atom. The molecule has 0 aliphatic carbocycles. The normalized spacial score (nSPS) is 16.4. The van der Waals surface area contributed by atoms with Crippen LogP contribution in [0.4, 0.5) is 5.69 Å². The van der Waals surface area contributed by atoms with Crippen LogP contribution < -0.4 is 9.47 Å². The molecule has 7 heteroatoms. The van der Waals surface area contributed by atoms with Crippen LogP contribution in [0.3, 0.4) is 0 Å². The SMILES string of the molecule is CC(CCN1/C(=C/c2ccc3ccccc3[n+]2C)Sc2ccccc21)S(=O)(=O)[O-]. The molecule has 29 heavy (non-hydrogen) atoms. The molecule has 0 spiro atoms. The van der Waals surface area contributed by atoms with E-state index in [1.54, 1.807) is 11.8 Å². The Bertz CT molecular complexity index is 1210. The summed E-state index contributed by atoms with van der Waals surface area (Å²) in [5.74, 6) is 0. The number of thioether (sulfide) groups is 1. The van der Waals surface area contributed by atoms with Gasteiger partial charge in [0.1, 0.15) is 7.05 Å². The van der Waals surface area contributed by atoms with E-state index in [2.05, 4.69) is 45.9 Å². The van der Waals surface area contributed by atoms with Gasteiger partial charge in [0.2, 0.25) is 11.2 Å². The van der Waals surface area contributed by atoms with Gasteiger partial charge in [0.25, 0.3) is 0 Å². The van der Waals surface area contributed by atoms with Gasteiger partial charge >= 0.3 is 0 Å². The van der Waals surface area contributed by atoms with E-state index in [4.69, 9.17) is 0 Å². The van der Waals surface area contributed by atoms with Crippen LogP contribution in [-0.4, -0.2) is 24.8 Å². The third kappa shape index (κ3) is 4.03. The van der Waals surface area contributed by atoms with Crippen LogP contribution in [0.1, 0.15) is 19.0 Å². The topological polar surface area (TPSA) is 64.3 Å². The fourth-order valence-electron chi connectivity index (χ4n) is 3.48. The molecule has 1 atom stereocenters. The summed E-state index contributed by atoms with van der Waals surface area (Å²) in [5, 5.41) is 1.27. The van der Waals surface area contributed by atoms with Gasteiger partial charge in [-0.25, -0.2) is 8.42 Å². The molecule has 2 aromatic carbocycles. The molecule has 0 N–H and O–H groups in total. The van der Waals surface area contributed by atoms with E-state index in [0.29, 0.717) is 6.54 Å². The van der Waals surface area contributed by atoms with Crippen LogP contribution in [0.25, 0.3) is 17.0 Å². The lowest BCUT2D eigenvalue weighted by atomic mass is 10.2. The molecule has 0 amide bonds. The third-order valence-corrected chi connectivity index (χ3v) is 7.61. The van der Waals surface area contributed by atoms with Crippen LogP contribution >= 0.6 is 11.8 Å². The van der Waals surface area contributed by atoms with E-state index >= 15 is 0 Å². The maximum absolute atomic E-state index is 11.3. The number of hydrogen-bond acceptors (Lipinski definition) is 5.